The largest absolute Gasteiger partial charge is 0.467 e. The van der Waals surface area contributed by atoms with Gasteiger partial charge in [-0.1, -0.05) is 23.9 Å². The number of amides is 1. The first-order valence-electron chi connectivity index (χ1n) is 9.71. The SMILES string of the molecule is N#C/C(=C\N=C1S[C@H]2CS(=O)(=O)C[C@@H]2N1Cc1ccc(F)cc1)C(=O)NCc1ccco1. The van der Waals surface area contributed by atoms with E-state index in [1.54, 1.807) is 24.3 Å². The average molecular weight is 475 g/mol. The molecule has 0 saturated carbocycles. The molecule has 2 aliphatic rings. The second-order valence-electron chi connectivity index (χ2n) is 7.38. The van der Waals surface area contributed by atoms with E-state index in [1.165, 1.54) is 36.4 Å². The van der Waals surface area contributed by atoms with Crippen LogP contribution in [0.25, 0.3) is 0 Å². The Bertz CT molecular complexity index is 1200. The Morgan fingerprint density at radius 3 is 2.81 bits per heavy atom. The summed E-state index contributed by atoms with van der Waals surface area (Å²) in [7, 11) is -3.16. The summed E-state index contributed by atoms with van der Waals surface area (Å²) in [5, 5.41) is 12.3. The maximum Gasteiger partial charge on any atom is 0.263 e. The summed E-state index contributed by atoms with van der Waals surface area (Å²) < 4.78 is 42.7. The lowest BCUT2D eigenvalue weighted by molar-refractivity contribution is -0.117. The summed E-state index contributed by atoms with van der Waals surface area (Å²) in [6, 6.07) is 10.9. The Morgan fingerprint density at radius 2 is 2.12 bits per heavy atom. The van der Waals surface area contributed by atoms with Crippen LogP contribution in [-0.4, -0.2) is 47.2 Å². The number of amidine groups is 1. The maximum absolute atomic E-state index is 13.3. The molecule has 0 aliphatic carbocycles. The standard InChI is InChI=1S/C21H19FN4O4S2/c22-16-5-3-14(4-6-16)11-26-18-12-32(28,29)13-19(18)31-21(26)25-9-15(8-23)20(27)24-10-17-2-1-7-30-17/h1-7,9,18-19H,10-13H2,(H,24,27)/b15-9+,25-21?/t18-,19-/m0/s1. The molecule has 8 nitrogen and oxygen atoms in total. The minimum absolute atomic E-state index is 0.00331. The van der Waals surface area contributed by atoms with Crippen LogP contribution in [0.5, 0.6) is 0 Å². The molecule has 2 aromatic rings. The number of sulfone groups is 1. The number of halogens is 1. The van der Waals surface area contributed by atoms with Crippen molar-refractivity contribution in [3.8, 4) is 6.07 Å². The van der Waals surface area contributed by atoms with Gasteiger partial charge < -0.3 is 14.6 Å². The fourth-order valence-corrected chi connectivity index (χ4v) is 7.48. The molecule has 4 rings (SSSR count). The number of nitrogens with one attached hydrogen (secondary N) is 1. The Kier molecular flexibility index (Phi) is 6.34. The third kappa shape index (κ3) is 5.03. The van der Waals surface area contributed by atoms with Gasteiger partial charge in [0.2, 0.25) is 0 Å². The molecule has 1 amide bonds. The molecule has 0 radical (unpaired) electrons. The summed E-state index contributed by atoms with van der Waals surface area (Å²) in [6.07, 6.45) is 2.67. The number of aliphatic imine (C=N–C) groups is 1. The van der Waals surface area contributed by atoms with Gasteiger partial charge in [-0.05, 0) is 29.8 Å². The smallest absolute Gasteiger partial charge is 0.263 e. The number of nitrogens with zero attached hydrogens (tertiary/aromatic N) is 3. The topological polar surface area (TPSA) is 116 Å². The molecule has 1 aromatic carbocycles. The van der Waals surface area contributed by atoms with Crippen molar-refractivity contribution in [2.45, 2.75) is 24.4 Å². The van der Waals surface area contributed by atoms with Crippen LogP contribution in [0.2, 0.25) is 0 Å². The summed E-state index contributed by atoms with van der Waals surface area (Å²) >= 11 is 1.31. The fourth-order valence-electron chi connectivity index (χ4n) is 3.55. The van der Waals surface area contributed by atoms with E-state index in [-0.39, 0.29) is 40.7 Å². The summed E-state index contributed by atoms with van der Waals surface area (Å²) in [6.45, 7) is 0.470. The van der Waals surface area contributed by atoms with E-state index in [0.29, 0.717) is 17.5 Å². The lowest BCUT2D eigenvalue weighted by atomic mass is 10.1. The second kappa shape index (κ2) is 9.18. The van der Waals surface area contributed by atoms with Crippen LogP contribution in [-0.2, 0) is 27.7 Å². The number of thioether (sulfide) groups is 1. The third-order valence-electron chi connectivity index (χ3n) is 5.11. The van der Waals surface area contributed by atoms with Crippen LogP contribution in [0.3, 0.4) is 0 Å². The lowest BCUT2D eigenvalue weighted by Gasteiger charge is -2.24. The normalized spacial score (nSPS) is 23.2. The van der Waals surface area contributed by atoms with Crippen molar-refractivity contribution >= 4 is 32.7 Å². The Labute approximate surface area is 188 Å². The summed E-state index contributed by atoms with van der Waals surface area (Å²) in [5.41, 5.74) is 0.612. The molecule has 0 unspecified atom stereocenters. The number of rotatable bonds is 6. The Morgan fingerprint density at radius 1 is 1.34 bits per heavy atom. The summed E-state index contributed by atoms with van der Waals surface area (Å²) in [4.78, 5) is 18.5. The number of nitriles is 1. The highest BCUT2D eigenvalue weighted by Gasteiger charge is 2.48. The Hall–Kier alpha value is -3.10. The van der Waals surface area contributed by atoms with Gasteiger partial charge in [0.1, 0.15) is 23.2 Å². The molecule has 2 aliphatic heterocycles. The molecule has 3 heterocycles. The van der Waals surface area contributed by atoms with Crippen LogP contribution in [0.1, 0.15) is 11.3 Å². The number of hydrogen-bond donors (Lipinski definition) is 1. The zero-order valence-corrected chi connectivity index (χ0v) is 18.4. The van der Waals surface area contributed by atoms with E-state index in [4.69, 9.17) is 4.42 Å². The van der Waals surface area contributed by atoms with E-state index >= 15 is 0 Å². The molecule has 0 bridgehead atoms. The van der Waals surface area contributed by atoms with Crippen molar-refractivity contribution in [2.75, 3.05) is 11.5 Å². The quantitative estimate of drug-likeness (QED) is 0.504. The first kappa shape index (κ1) is 22.1. The molecular formula is C21H19FN4O4S2. The molecular weight excluding hydrogens is 455 g/mol. The van der Waals surface area contributed by atoms with Gasteiger partial charge in [-0.15, -0.1) is 0 Å². The van der Waals surface area contributed by atoms with E-state index < -0.39 is 15.7 Å². The first-order valence-corrected chi connectivity index (χ1v) is 12.4. The van der Waals surface area contributed by atoms with Crippen LogP contribution in [0.15, 0.2) is 63.8 Å². The average Bonchev–Trinajstić information content (AvgIpc) is 3.45. The predicted molar refractivity (Wildman–Crippen MR) is 117 cm³/mol. The Balaban J connectivity index is 1.54. The van der Waals surface area contributed by atoms with E-state index in [1.807, 2.05) is 11.0 Å². The first-order chi connectivity index (χ1) is 15.3. The highest BCUT2D eigenvalue weighted by atomic mass is 32.2. The highest BCUT2D eigenvalue weighted by Crippen LogP contribution is 2.39. The second-order valence-corrected chi connectivity index (χ2v) is 10.7. The summed E-state index contributed by atoms with van der Waals surface area (Å²) in [5.74, 6) is -0.359. The third-order valence-corrected chi connectivity index (χ3v) is 8.38. The number of hydrogen-bond acceptors (Lipinski definition) is 7. The van der Waals surface area contributed by atoms with Crippen LogP contribution in [0, 0.1) is 17.1 Å². The van der Waals surface area contributed by atoms with Gasteiger partial charge in [-0.25, -0.2) is 17.8 Å². The van der Waals surface area contributed by atoms with Gasteiger partial charge in [-0.2, -0.15) is 5.26 Å². The van der Waals surface area contributed by atoms with Crippen LogP contribution < -0.4 is 5.32 Å². The van der Waals surface area contributed by atoms with Gasteiger partial charge in [-0.3, -0.25) is 4.79 Å². The zero-order valence-electron chi connectivity index (χ0n) is 16.8. The molecule has 2 fully saturated rings. The number of carbonyl (C=O) groups is 1. The van der Waals surface area contributed by atoms with Crippen molar-refractivity contribution in [3.05, 3.63) is 71.6 Å². The van der Waals surface area contributed by atoms with E-state index in [2.05, 4.69) is 10.3 Å². The van der Waals surface area contributed by atoms with Crippen molar-refractivity contribution in [3.63, 3.8) is 0 Å². The fraction of sp³-hybridized carbons (Fsp3) is 0.286. The molecule has 1 aromatic heterocycles. The lowest BCUT2D eigenvalue weighted by Crippen LogP contribution is -2.36. The molecule has 32 heavy (non-hydrogen) atoms. The van der Waals surface area contributed by atoms with Gasteiger partial charge in [0.05, 0.1) is 36.6 Å². The molecule has 2 saturated heterocycles. The molecule has 11 heteroatoms. The predicted octanol–water partition coefficient (Wildman–Crippen LogP) is 2.21. The van der Waals surface area contributed by atoms with Gasteiger partial charge >= 0.3 is 0 Å². The number of benzene rings is 1. The van der Waals surface area contributed by atoms with Gasteiger partial charge in [0, 0.05) is 11.8 Å². The van der Waals surface area contributed by atoms with Gasteiger partial charge in [0.25, 0.3) is 5.91 Å². The zero-order chi connectivity index (χ0) is 22.7. The van der Waals surface area contributed by atoms with E-state index in [9.17, 15) is 22.9 Å². The molecule has 0 spiro atoms. The van der Waals surface area contributed by atoms with Crippen molar-refractivity contribution in [2.24, 2.45) is 4.99 Å². The number of carbonyl (C=O) groups excluding carboxylic acids is 1. The monoisotopic (exact) mass is 474 g/mol. The number of fused-ring (bicyclic) bond motifs is 1. The minimum atomic E-state index is -3.16. The van der Waals surface area contributed by atoms with E-state index in [0.717, 1.165) is 5.56 Å². The highest BCUT2D eigenvalue weighted by molar-refractivity contribution is 8.15. The van der Waals surface area contributed by atoms with Crippen LogP contribution >= 0.6 is 11.8 Å². The molecule has 166 valence electrons. The number of furan rings is 1. The maximum atomic E-state index is 13.3. The van der Waals surface area contributed by atoms with Crippen LogP contribution in [0.4, 0.5) is 4.39 Å². The van der Waals surface area contributed by atoms with Crippen molar-refractivity contribution < 1.29 is 22.0 Å². The van der Waals surface area contributed by atoms with Crippen molar-refractivity contribution in [1.29, 1.82) is 5.26 Å². The van der Waals surface area contributed by atoms with Gasteiger partial charge in [0.15, 0.2) is 15.0 Å². The van der Waals surface area contributed by atoms with Crippen molar-refractivity contribution in [1.82, 2.24) is 10.2 Å². The molecule has 2 atom stereocenters. The minimum Gasteiger partial charge on any atom is -0.467 e. The molecule has 1 N–H and O–H groups in total.